The lowest BCUT2D eigenvalue weighted by molar-refractivity contribution is 0.291. The lowest BCUT2D eigenvalue weighted by Gasteiger charge is -2.38. The van der Waals surface area contributed by atoms with Gasteiger partial charge in [-0.1, -0.05) is 37.5 Å². The summed E-state index contributed by atoms with van der Waals surface area (Å²) in [4.78, 5) is 4.42. The van der Waals surface area contributed by atoms with E-state index in [9.17, 15) is 0 Å². The number of fused-ring (bicyclic) bond motifs is 1. The van der Waals surface area contributed by atoms with Crippen molar-refractivity contribution >= 4 is 11.6 Å². The topological polar surface area (TPSA) is 75.8 Å². The molecular formula is C23H30N6O. The minimum absolute atomic E-state index is 0.115. The predicted molar refractivity (Wildman–Crippen MR) is 119 cm³/mol. The summed E-state index contributed by atoms with van der Waals surface area (Å²) >= 11 is 0. The second kappa shape index (κ2) is 9.15. The molecule has 3 aromatic rings. The van der Waals surface area contributed by atoms with Crippen LogP contribution in [0.1, 0.15) is 43.5 Å². The molecule has 2 heterocycles. The van der Waals surface area contributed by atoms with Crippen LogP contribution in [0.2, 0.25) is 0 Å². The van der Waals surface area contributed by atoms with Crippen LogP contribution in [0.15, 0.2) is 53.7 Å². The molecule has 0 saturated heterocycles. The zero-order chi connectivity index (χ0) is 20.8. The molecule has 2 aromatic heterocycles. The first kappa shape index (κ1) is 20.2. The van der Waals surface area contributed by atoms with Crippen molar-refractivity contribution in [1.29, 1.82) is 0 Å². The van der Waals surface area contributed by atoms with Crippen LogP contribution in [0, 0.1) is 0 Å². The average molecular weight is 407 g/mol. The molecule has 1 aliphatic carbocycles. The molecule has 0 spiro atoms. The summed E-state index contributed by atoms with van der Waals surface area (Å²) in [5.41, 5.74) is 2.33. The number of methoxy groups -OCH3 is 1. The standard InChI is InChI=1S/C23H30N6O/c1-24-22(25-16-21-28-27-20-8-4-7-15-29(20)21)26-17-23(13-5-3-6-14-23)18-9-11-19(30-2)12-10-18/h4,7-12,15H,3,5-6,13-14,16-17H2,1-2H3,(H2,24,25,26). The van der Waals surface area contributed by atoms with Crippen LogP contribution in [-0.4, -0.2) is 41.3 Å². The maximum absolute atomic E-state index is 5.35. The van der Waals surface area contributed by atoms with Crippen molar-refractivity contribution in [3.05, 3.63) is 60.0 Å². The first-order valence-corrected chi connectivity index (χ1v) is 10.6. The normalized spacial score (nSPS) is 16.4. The lowest BCUT2D eigenvalue weighted by Crippen LogP contribution is -2.46. The van der Waals surface area contributed by atoms with Gasteiger partial charge in [0, 0.05) is 25.2 Å². The van der Waals surface area contributed by atoms with Crippen LogP contribution in [0.5, 0.6) is 5.75 Å². The van der Waals surface area contributed by atoms with Gasteiger partial charge in [-0.2, -0.15) is 0 Å². The van der Waals surface area contributed by atoms with E-state index in [0.29, 0.717) is 6.54 Å². The maximum Gasteiger partial charge on any atom is 0.191 e. The van der Waals surface area contributed by atoms with Gasteiger partial charge in [0.15, 0.2) is 17.4 Å². The van der Waals surface area contributed by atoms with Crippen LogP contribution >= 0.6 is 0 Å². The van der Waals surface area contributed by atoms with E-state index in [0.717, 1.165) is 29.7 Å². The predicted octanol–water partition coefficient (Wildman–Crippen LogP) is 3.31. The number of guanidine groups is 1. The molecule has 4 rings (SSSR count). The van der Waals surface area contributed by atoms with Gasteiger partial charge in [0.2, 0.25) is 0 Å². The largest absolute Gasteiger partial charge is 0.497 e. The summed E-state index contributed by atoms with van der Waals surface area (Å²) in [6.07, 6.45) is 8.15. The molecule has 0 atom stereocenters. The van der Waals surface area contributed by atoms with Crippen molar-refractivity contribution < 1.29 is 4.74 Å². The monoisotopic (exact) mass is 406 g/mol. The van der Waals surface area contributed by atoms with Crippen LogP contribution < -0.4 is 15.4 Å². The van der Waals surface area contributed by atoms with Crippen LogP contribution in [0.3, 0.4) is 0 Å². The summed E-state index contributed by atoms with van der Waals surface area (Å²) < 4.78 is 7.33. The summed E-state index contributed by atoms with van der Waals surface area (Å²) in [6.45, 7) is 1.40. The lowest BCUT2D eigenvalue weighted by atomic mass is 9.69. The van der Waals surface area contributed by atoms with E-state index in [-0.39, 0.29) is 5.41 Å². The fourth-order valence-corrected chi connectivity index (χ4v) is 4.39. The van der Waals surface area contributed by atoms with Crippen LogP contribution in [0.25, 0.3) is 5.65 Å². The van der Waals surface area contributed by atoms with Crippen molar-refractivity contribution in [2.75, 3.05) is 20.7 Å². The zero-order valence-electron chi connectivity index (χ0n) is 17.8. The summed E-state index contributed by atoms with van der Waals surface area (Å²) in [7, 11) is 3.51. The first-order valence-electron chi connectivity index (χ1n) is 10.6. The number of aliphatic imine (C=N–C) groups is 1. The smallest absolute Gasteiger partial charge is 0.191 e. The fourth-order valence-electron chi connectivity index (χ4n) is 4.39. The molecule has 2 N–H and O–H groups in total. The van der Waals surface area contributed by atoms with Gasteiger partial charge < -0.3 is 15.4 Å². The van der Waals surface area contributed by atoms with Crippen molar-refractivity contribution in [2.45, 2.75) is 44.1 Å². The average Bonchev–Trinajstić information content (AvgIpc) is 3.23. The fraction of sp³-hybridized carbons (Fsp3) is 0.435. The van der Waals surface area contributed by atoms with Gasteiger partial charge in [-0.15, -0.1) is 10.2 Å². The molecule has 0 radical (unpaired) electrons. The third-order valence-corrected chi connectivity index (χ3v) is 6.13. The van der Waals surface area contributed by atoms with E-state index in [2.05, 4.69) is 50.1 Å². The van der Waals surface area contributed by atoms with Crippen molar-refractivity contribution in [3.63, 3.8) is 0 Å². The number of ether oxygens (including phenoxy) is 1. The Balaban J connectivity index is 1.43. The first-order chi connectivity index (χ1) is 14.7. The summed E-state index contributed by atoms with van der Waals surface area (Å²) in [5, 5.41) is 15.4. The minimum atomic E-state index is 0.115. The zero-order valence-corrected chi connectivity index (χ0v) is 17.8. The third kappa shape index (κ3) is 4.25. The molecule has 1 fully saturated rings. The molecule has 0 amide bonds. The van der Waals surface area contributed by atoms with E-state index in [4.69, 9.17) is 4.74 Å². The van der Waals surface area contributed by atoms with Gasteiger partial charge in [0.1, 0.15) is 5.75 Å². The highest BCUT2D eigenvalue weighted by Crippen LogP contribution is 2.39. The highest BCUT2D eigenvalue weighted by Gasteiger charge is 2.34. The molecule has 7 nitrogen and oxygen atoms in total. The van der Waals surface area contributed by atoms with Gasteiger partial charge >= 0.3 is 0 Å². The molecule has 0 unspecified atom stereocenters. The third-order valence-electron chi connectivity index (χ3n) is 6.13. The van der Waals surface area contributed by atoms with Gasteiger partial charge in [0.05, 0.1) is 13.7 Å². The SMILES string of the molecule is CN=C(NCc1nnc2ccccn12)NCC1(c2ccc(OC)cc2)CCCCC1. The number of hydrogen-bond acceptors (Lipinski definition) is 4. The molecule has 1 saturated carbocycles. The number of aromatic nitrogens is 3. The molecule has 0 aliphatic heterocycles. The maximum atomic E-state index is 5.35. The number of nitrogens with zero attached hydrogens (tertiary/aromatic N) is 4. The van der Waals surface area contributed by atoms with Crippen molar-refractivity contribution in [2.24, 2.45) is 4.99 Å². The van der Waals surface area contributed by atoms with Crippen LogP contribution in [0.4, 0.5) is 0 Å². The summed E-state index contributed by atoms with van der Waals surface area (Å²) in [5.74, 6) is 2.54. The molecule has 1 aromatic carbocycles. The Bertz CT molecular complexity index is 988. The van der Waals surface area contributed by atoms with Crippen molar-refractivity contribution in [3.8, 4) is 5.75 Å². The molecule has 158 valence electrons. The van der Waals surface area contributed by atoms with E-state index in [1.807, 2.05) is 28.8 Å². The Kier molecular flexibility index (Phi) is 6.16. The Morgan fingerprint density at radius 3 is 2.60 bits per heavy atom. The number of benzene rings is 1. The number of hydrogen-bond donors (Lipinski definition) is 2. The molecule has 1 aliphatic rings. The molecular weight excluding hydrogens is 376 g/mol. The quantitative estimate of drug-likeness (QED) is 0.485. The second-order valence-electron chi connectivity index (χ2n) is 7.89. The number of rotatable bonds is 6. The van der Waals surface area contributed by atoms with Crippen LogP contribution in [-0.2, 0) is 12.0 Å². The van der Waals surface area contributed by atoms with Crippen molar-refractivity contribution in [1.82, 2.24) is 25.2 Å². The Labute approximate surface area is 177 Å². The Hall–Kier alpha value is -3.09. The summed E-state index contributed by atoms with van der Waals surface area (Å²) in [6, 6.07) is 14.4. The van der Waals surface area contributed by atoms with Gasteiger partial charge in [-0.25, -0.2) is 0 Å². The van der Waals surface area contributed by atoms with E-state index >= 15 is 0 Å². The highest BCUT2D eigenvalue weighted by atomic mass is 16.5. The number of nitrogens with one attached hydrogen (secondary N) is 2. The highest BCUT2D eigenvalue weighted by molar-refractivity contribution is 5.79. The molecule has 7 heteroatoms. The Morgan fingerprint density at radius 2 is 1.87 bits per heavy atom. The minimum Gasteiger partial charge on any atom is -0.497 e. The Morgan fingerprint density at radius 1 is 1.07 bits per heavy atom. The molecule has 0 bridgehead atoms. The molecule has 30 heavy (non-hydrogen) atoms. The second-order valence-corrected chi connectivity index (χ2v) is 7.89. The van der Waals surface area contributed by atoms with E-state index < -0.39 is 0 Å². The number of pyridine rings is 1. The van der Waals surface area contributed by atoms with Gasteiger partial charge in [0.25, 0.3) is 0 Å². The van der Waals surface area contributed by atoms with E-state index in [1.54, 1.807) is 14.2 Å². The van der Waals surface area contributed by atoms with E-state index in [1.165, 1.54) is 37.7 Å². The van der Waals surface area contributed by atoms with Gasteiger partial charge in [-0.05, 0) is 42.7 Å². The van der Waals surface area contributed by atoms with Gasteiger partial charge in [-0.3, -0.25) is 9.39 Å².